The minimum Gasteiger partial charge on any atom is -0.438 e. The second kappa shape index (κ2) is 6.65. The van der Waals surface area contributed by atoms with Gasteiger partial charge in [-0.2, -0.15) is 0 Å². The molecule has 5 heteroatoms. The zero-order valence-electron chi connectivity index (χ0n) is 12.2. The third kappa shape index (κ3) is 4.00. The van der Waals surface area contributed by atoms with E-state index in [9.17, 15) is 0 Å². The van der Waals surface area contributed by atoms with Crippen molar-refractivity contribution in [2.75, 3.05) is 19.6 Å². The number of nitrogens with one attached hydrogen (secondary N) is 1. The Morgan fingerprint density at radius 1 is 1.29 bits per heavy atom. The van der Waals surface area contributed by atoms with Crippen molar-refractivity contribution in [2.45, 2.75) is 19.5 Å². The van der Waals surface area contributed by atoms with Crippen molar-refractivity contribution in [3.8, 4) is 11.6 Å². The predicted octanol–water partition coefficient (Wildman–Crippen LogP) is 2.06. The number of rotatable bonds is 4. The van der Waals surface area contributed by atoms with Crippen LogP contribution in [0.4, 0.5) is 0 Å². The molecule has 1 fully saturated rings. The van der Waals surface area contributed by atoms with E-state index in [1.54, 1.807) is 18.6 Å². The van der Waals surface area contributed by atoms with Crippen LogP contribution in [0.25, 0.3) is 0 Å². The third-order valence-electron chi connectivity index (χ3n) is 3.54. The number of hydrogen-bond acceptors (Lipinski definition) is 5. The van der Waals surface area contributed by atoms with Crippen molar-refractivity contribution >= 4 is 0 Å². The first kappa shape index (κ1) is 14.0. The summed E-state index contributed by atoms with van der Waals surface area (Å²) in [6.07, 6.45) is 4.86. The number of piperazine rings is 1. The average Bonchev–Trinajstić information content (AvgIpc) is 2.50. The first-order valence-corrected chi connectivity index (χ1v) is 7.28. The van der Waals surface area contributed by atoms with Crippen LogP contribution in [-0.4, -0.2) is 40.5 Å². The van der Waals surface area contributed by atoms with Gasteiger partial charge in [-0.15, -0.1) is 0 Å². The van der Waals surface area contributed by atoms with Crippen molar-refractivity contribution in [1.29, 1.82) is 0 Å². The largest absolute Gasteiger partial charge is 0.438 e. The first-order chi connectivity index (χ1) is 10.3. The Labute approximate surface area is 125 Å². The summed E-state index contributed by atoms with van der Waals surface area (Å²) < 4.78 is 5.64. The highest BCUT2D eigenvalue weighted by atomic mass is 16.5. The van der Waals surface area contributed by atoms with Crippen molar-refractivity contribution in [2.24, 2.45) is 0 Å². The molecule has 1 N–H and O–H groups in total. The van der Waals surface area contributed by atoms with Crippen LogP contribution in [-0.2, 0) is 6.54 Å². The van der Waals surface area contributed by atoms with Crippen LogP contribution < -0.4 is 10.1 Å². The number of aromatic nitrogens is 2. The molecule has 1 aromatic heterocycles. The molecule has 0 amide bonds. The molecule has 0 aliphatic carbocycles. The lowest BCUT2D eigenvalue weighted by Crippen LogP contribution is -2.48. The Balaban J connectivity index is 1.59. The van der Waals surface area contributed by atoms with Crippen LogP contribution in [0.1, 0.15) is 12.5 Å². The van der Waals surface area contributed by atoms with Crippen molar-refractivity contribution in [3.63, 3.8) is 0 Å². The molecule has 0 unspecified atom stereocenters. The highest BCUT2D eigenvalue weighted by molar-refractivity contribution is 5.29. The molecule has 3 rings (SSSR count). The van der Waals surface area contributed by atoms with Crippen LogP contribution in [0.15, 0.2) is 42.9 Å². The summed E-state index contributed by atoms with van der Waals surface area (Å²) in [6, 6.07) is 8.75. The fraction of sp³-hybridized carbons (Fsp3) is 0.375. The molecule has 0 spiro atoms. The second-order valence-electron chi connectivity index (χ2n) is 5.38. The maximum Gasteiger partial charge on any atom is 0.237 e. The monoisotopic (exact) mass is 284 g/mol. The Hall–Kier alpha value is -1.98. The van der Waals surface area contributed by atoms with E-state index in [4.69, 9.17) is 4.74 Å². The molecule has 2 aromatic rings. The van der Waals surface area contributed by atoms with Crippen molar-refractivity contribution in [3.05, 3.63) is 48.4 Å². The lowest BCUT2D eigenvalue weighted by molar-refractivity contribution is 0.199. The van der Waals surface area contributed by atoms with E-state index in [2.05, 4.69) is 39.2 Å². The SMILES string of the molecule is C[C@H]1CN(Cc2ccc(Oc3cnccn3)cc2)CCN1. The van der Waals surface area contributed by atoms with Crippen LogP contribution in [0.5, 0.6) is 11.6 Å². The van der Waals surface area contributed by atoms with Crippen LogP contribution in [0.3, 0.4) is 0 Å². The molecule has 1 aliphatic heterocycles. The Kier molecular flexibility index (Phi) is 4.43. The lowest BCUT2D eigenvalue weighted by Gasteiger charge is -2.31. The lowest BCUT2D eigenvalue weighted by atomic mass is 10.1. The van der Waals surface area contributed by atoms with Crippen LogP contribution in [0.2, 0.25) is 0 Å². The van der Waals surface area contributed by atoms with Gasteiger partial charge in [0.05, 0.1) is 6.20 Å². The standard InChI is InChI=1S/C16H20N4O/c1-13-11-20(9-8-18-13)12-14-2-4-15(5-3-14)21-16-10-17-6-7-19-16/h2-7,10,13,18H,8-9,11-12H2,1H3/t13-/m0/s1. The zero-order valence-corrected chi connectivity index (χ0v) is 12.2. The van der Waals surface area contributed by atoms with E-state index in [-0.39, 0.29) is 0 Å². The van der Waals surface area contributed by atoms with Gasteiger partial charge in [-0.25, -0.2) is 4.98 Å². The van der Waals surface area contributed by atoms with Gasteiger partial charge >= 0.3 is 0 Å². The van der Waals surface area contributed by atoms with Gasteiger partial charge < -0.3 is 10.1 Å². The highest BCUT2D eigenvalue weighted by Crippen LogP contribution is 2.19. The quantitative estimate of drug-likeness (QED) is 0.931. The number of benzene rings is 1. The van der Waals surface area contributed by atoms with E-state index in [1.165, 1.54) is 5.56 Å². The molecule has 2 heterocycles. The summed E-state index contributed by atoms with van der Waals surface area (Å²) in [5, 5.41) is 3.46. The number of hydrogen-bond donors (Lipinski definition) is 1. The van der Waals surface area contributed by atoms with Gasteiger partial charge in [-0.3, -0.25) is 9.88 Å². The minimum absolute atomic E-state index is 0.515. The summed E-state index contributed by atoms with van der Waals surface area (Å²) >= 11 is 0. The smallest absolute Gasteiger partial charge is 0.237 e. The molecule has 1 atom stereocenters. The first-order valence-electron chi connectivity index (χ1n) is 7.28. The van der Waals surface area contributed by atoms with Gasteiger partial charge in [0.1, 0.15) is 5.75 Å². The zero-order chi connectivity index (χ0) is 14.5. The minimum atomic E-state index is 0.515. The highest BCUT2D eigenvalue weighted by Gasteiger charge is 2.15. The number of nitrogens with zero attached hydrogens (tertiary/aromatic N) is 3. The van der Waals surface area contributed by atoms with Crippen molar-refractivity contribution in [1.82, 2.24) is 20.2 Å². The molecular formula is C16H20N4O. The van der Waals surface area contributed by atoms with Gasteiger partial charge in [0.25, 0.3) is 0 Å². The van der Waals surface area contributed by atoms with E-state index >= 15 is 0 Å². The molecule has 21 heavy (non-hydrogen) atoms. The maximum absolute atomic E-state index is 5.64. The Morgan fingerprint density at radius 2 is 2.14 bits per heavy atom. The predicted molar refractivity (Wildman–Crippen MR) is 81.3 cm³/mol. The van der Waals surface area contributed by atoms with Gasteiger partial charge in [0.15, 0.2) is 0 Å². The molecule has 0 bridgehead atoms. The molecule has 0 radical (unpaired) electrons. The average molecular weight is 284 g/mol. The maximum atomic E-state index is 5.64. The van der Waals surface area contributed by atoms with Crippen LogP contribution >= 0.6 is 0 Å². The molecule has 1 aliphatic rings. The summed E-state index contributed by atoms with van der Waals surface area (Å²) in [6.45, 7) is 6.47. The van der Waals surface area contributed by atoms with Gasteiger partial charge in [0.2, 0.25) is 5.88 Å². The van der Waals surface area contributed by atoms with Crippen molar-refractivity contribution < 1.29 is 4.74 Å². The summed E-state index contributed by atoms with van der Waals surface area (Å²) in [4.78, 5) is 10.6. The molecule has 5 nitrogen and oxygen atoms in total. The Bertz CT molecular complexity index is 558. The van der Waals surface area contributed by atoms with E-state index < -0.39 is 0 Å². The fourth-order valence-corrected chi connectivity index (χ4v) is 2.54. The van der Waals surface area contributed by atoms with Gasteiger partial charge in [-0.1, -0.05) is 12.1 Å². The molecule has 0 saturated carbocycles. The van der Waals surface area contributed by atoms with Gasteiger partial charge in [-0.05, 0) is 24.6 Å². The summed E-state index contributed by atoms with van der Waals surface area (Å²) in [5.41, 5.74) is 1.30. The van der Waals surface area contributed by atoms with E-state index in [1.807, 2.05) is 12.1 Å². The Morgan fingerprint density at radius 3 is 2.86 bits per heavy atom. The number of ether oxygens (including phenoxy) is 1. The fourth-order valence-electron chi connectivity index (χ4n) is 2.54. The molecule has 1 saturated heterocycles. The normalized spacial score (nSPS) is 19.4. The van der Waals surface area contributed by atoms with E-state index in [0.717, 1.165) is 31.9 Å². The summed E-state index contributed by atoms with van der Waals surface area (Å²) in [7, 11) is 0. The van der Waals surface area contributed by atoms with E-state index in [0.29, 0.717) is 11.9 Å². The summed E-state index contributed by atoms with van der Waals surface area (Å²) in [5.74, 6) is 1.30. The van der Waals surface area contributed by atoms with Crippen LogP contribution in [0, 0.1) is 0 Å². The topological polar surface area (TPSA) is 50.3 Å². The molecule has 110 valence electrons. The van der Waals surface area contributed by atoms with Gasteiger partial charge in [0, 0.05) is 44.6 Å². The molecule has 1 aromatic carbocycles. The molecular weight excluding hydrogens is 264 g/mol. The third-order valence-corrected chi connectivity index (χ3v) is 3.54. The second-order valence-corrected chi connectivity index (χ2v) is 5.38.